The zero-order chi connectivity index (χ0) is 27.4. The van der Waals surface area contributed by atoms with Crippen LogP contribution in [0.15, 0.2) is 72.8 Å². The molecule has 0 radical (unpaired) electrons. The molecule has 0 fully saturated rings. The van der Waals surface area contributed by atoms with Crippen LogP contribution >= 0.6 is 0 Å². The molecule has 36 heavy (non-hydrogen) atoms. The molecule has 8 heteroatoms. The number of carboxylic acid groups (broad SMARTS) is 2. The number of nitrogens with zero attached hydrogens (tertiary/aromatic N) is 3. The van der Waals surface area contributed by atoms with Crippen LogP contribution in [-0.4, -0.2) is 86.2 Å². The molecule has 0 bridgehead atoms. The van der Waals surface area contributed by atoms with Crippen LogP contribution in [-0.2, 0) is 9.59 Å². The summed E-state index contributed by atoms with van der Waals surface area (Å²) in [6, 6.07) is 27.5. The normalized spacial score (nSPS) is 9.81. The van der Waals surface area contributed by atoms with Gasteiger partial charge in [0, 0.05) is 13.8 Å². The van der Waals surface area contributed by atoms with Crippen LogP contribution in [0.3, 0.4) is 0 Å². The topological polar surface area (TPSA) is 84.3 Å². The average Bonchev–Trinajstić information content (AvgIpc) is 2.79. The number of hydrogen-bond donors (Lipinski definition) is 2. The van der Waals surface area contributed by atoms with Gasteiger partial charge in [0.2, 0.25) is 0 Å². The Morgan fingerprint density at radius 3 is 0.806 bits per heavy atom. The molecule has 0 heterocycles. The Morgan fingerprint density at radius 2 is 0.667 bits per heavy atom. The molecule has 2 N–H and O–H groups in total. The molecule has 0 aliphatic heterocycles. The molecule has 3 aromatic rings. The average molecular weight is 690 g/mol. The van der Waals surface area contributed by atoms with E-state index in [9.17, 15) is 0 Å². The number of rotatable bonds is 6. The van der Waals surface area contributed by atoms with Gasteiger partial charge in [-0.1, -0.05) is 0 Å². The van der Waals surface area contributed by atoms with Gasteiger partial charge in [-0.05, 0) is 0 Å². The van der Waals surface area contributed by atoms with E-state index in [1.54, 1.807) is 0 Å². The molecule has 7 nitrogen and oxygen atoms in total. The first-order valence-corrected chi connectivity index (χ1v) is 16.6. The summed E-state index contributed by atoms with van der Waals surface area (Å²) in [6.07, 6.45) is 0. The number of hydrogen-bond acceptors (Lipinski definition) is 5. The Bertz CT molecular complexity index is 939. The van der Waals surface area contributed by atoms with Crippen molar-refractivity contribution in [3.8, 4) is 0 Å². The van der Waals surface area contributed by atoms with E-state index in [1.807, 2.05) is 0 Å². The van der Waals surface area contributed by atoms with Gasteiger partial charge in [0.1, 0.15) is 0 Å². The van der Waals surface area contributed by atoms with Crippen molar-refractivity contribution >= 4 is 60.6 Å². The zero-order valence-corrected chi connectivity index (χ0v) is 25.9. The first-order chi connectivity index (χ1) is 16.8. The van der Waals surface area contributed by atoms with E-state index in [2.05, 4.69) is 130 Å². The van der Waals surface area contributed by atoms with E-state index >= 15 is 0 Å². The second kappa shape index (κ2) is 15.1. The van der Waals surface area contributed by atoms with Gasteiger partial charge in [0.15, 0.2) is 0 Å². The van der Waals surface area contributed by atoms with Gasteiger partial charge in [-0.15, -0.1) is 0 Å². The van der Waals surface area contributed by atoms with Crippen molar-refractivity contribution in [3.63, 3.8) is 0 Å². The Balaban J connectivity index is 0.000000709. The third kappa shape index (κ3) is 10.7. The summed E-state index contributed by atoms with van der Waals surface area (Å²) in [7, 11) is 12.6. The number of anilines is 3. The van der Waals surface area contributed by atoms with E-state index in [-0.39, 0.29) is 0 Å². The summed E-state index contributed by atoms with van der Waals surface area (Å²) in [5, 5.41) is 14.8. The third-order valence-electron chi connectivity index (χ3n) is 4.87. The van der Waals surface area contributed by atoms with Gasteiger partial charge in [-0.2, -0.15) is 0 Å². The molecule has 0 saturated carbocycles. The Hall–Kier alpha value is -3.12. The van der Waals surface area contributed by atoms with Gasteiger partial charge < -0.3 is 10.2 Å². The molecular formula is C28H38BiN3O4. The Labute approximate surface area is 223 Å². The van der Waals surface area contributed by atoms with Crippen LogP contribution in [0.4, 0.5) is 17.1 Å². The molecule has 194 valence electrons. The molecular weight excluding hydrogens is 651 g/mol. The summed E-state index contributed by atoms with van der Waals surface area (Å²) in [4.78, 5) is 24.5. The van der Waals surface area contributed by atoms with Crippen LogP contribution in [0.25, 0.3) is 0 Å². The Morgan fingerprint density at radius 1 is 0.500 bits per heavy atom. The van der Waals surface area contributed by atoms with Crippen molar-refractivity contribution in [2.75, 3.05) is 57.0 Å². The molecule has 0 atom stereocenters. The fraction of sp³-hybridized carbons (Fsp3) is 0.286. The molecule has 3 rings (SSSR count). The molecule has 0 unspecified atom stereocenters. The predicted octanol–water partition coefficient (Wildman–Crippen LogP) is 2.58. The summed E-state index contributed by atoms with van der Waals surface area (Å²) in [5.74, 6) is -1.67. The fourth-order valence-corrected chi connectivity index (χ4v) is 11.8. The number of carbonyl (C=O) groups is 2. The Kier molecular flexibility index (Phi) is 13.0. The van der Waals surface area contributed by atoms with Crippen molar-refractivity contribution in [2.45, 2.75) is 13.8 Å². The summed E-state index contributed by atoms with van der Waals surface area (Å²) in [5.41, 5.74) is 3.75. The molecule has 3 aromatic carbocycles. The van der Waals surface area contributed by atoms with Crippen LogP contribution in [0.1, 0.15) is 13.8 Å². The molecule has 0 aliphatic rings. The molecule has 0 aliphatic carbocycles. The zero-order valence-electron chi connectivity index (χ0n) is 22.4. The van der Waals surface area contributed by atoms with Gasteiger partial charge in [-0.3, -0.25) is 9.59 Å². The third-order valence-corrected chi connectivity index (χ3v) is 14.4. The fourth-order valence-electron chi connectivity index (χ4n) is 3.15. The van der Waals surface area contributed by atoms with Crippen molar-refractivity contribution in [1.29, 1.82) is 0 Å². The van der Waals surface area contributed by atoms with E-state index in [4.69, 9.17) is 19.8 Å². The van der Waals surface area contributed by atoms with E-state index < -0.39 is 33.7 Å². The quantitative estimate of drug-likeness (QED) is 0.386. The SMILES string of the molecule is CC(=O)O.CC(=O)O.CN(C)c1cc[c]([Bi]([c]2ccc(N(C)C)cc2)[c]2ccc(N(C)C)cc2)cc1. The van der Waals surface area contributed by atoms with Gasteiger partial charge in [-0.25, -0.2) is 0 Å². The van der Waals surface area contributed by atoms with Crippen molar-refractivity contribution < 1.29 is 19.8 Å². The van der Waals surface area contributed by atoms with Gasteiger partial charge in [0.05, 0.1) is 0 Å². The van der Waals surface area contributed by atoms with E-state index in [0.29, 0.717) is 0 Å². The molecule has 0 saturated heterocycles. The minimum absolute atomic E-state index is 0.833. The van der Waals surface area contributed by atoms with Crippen LogP contribution in [0, 0.1) is 0 Å². The summed E-state index contributed by atoms with van der Waals surface area (Å²) >= 11 is -2.33. The first kappa shape index (κ1) is 30.9. The second-order valence-electron chi connectivity index (χ2n) is 8.61. The number of carboxylic acids is 2. The van der Waals surface area contributed by atoms with Gasteiger partial charge >= 0.3 is 178 Å². The molecule has 0 amide bonds. The summed E-state index contributed by atoms with van der Waals surface area (Å²) in [6.45, 7) is 2.17. The predicted molar refractivity (Wildman–Crippen MR) is 154 cm³/mol. The standard InChI is InChI=1S/3C8H10N.2C2H4O2.Bi/c3*1-9(2)8-6-4-3-5-7-8;2*1-2(3)4;/h3*4-7H,1-2H3;2*1H3,(H,3,4);. The van der Waals surface area contributed by atoms with Crippen LogP contribution in [0.2, 0.25) is 0 Å². The maximum atomic E-state index is 9.00. The number of benzene rings is 3. The van der Waals surface area contributed by atoms with E-state index in [1.165, 1.54) is 26.9 Å². The van der Waals surface area contributed by atoms with Crippen LogP contribution in [0.5, 0.6) is 0 Å². The maximum absolute atomic E-state index is 9.00. The summed E-state index contributed by atoms with van der Waals surface area (Å²) < 4.78 is 4.53. The van der Waals surface area contributed by atoms with Crippen LogP contribution < -0.4 is 24.5 Å². The first-order valence-electron chi connectivity index (χ1n) is 11.3. The van der Waals surface area contributed by atoms with Gasteiger partial charge in [0.25, 0.3) is 11.9 Å². The second-order valence-corrected chi connectivity index (χ2v) is 17.2. The minimum atomic E-state index is -2.33. The molecule has 0 spiro atoms. The van der Waals surface area contributed by atoms with Crippen molar-refractivity contribution in [2.24, 2.45) is 0 Å². The van der Waals surface area contributed by atoms with Crippen molar-refractivity contribution in [3.05, 3.63) is 72.8 Å². The van der Waals surface area contributed by atoms with E-state index in [0.717, 1.165) is 13.8 Å². The monoisotopic (exact) mass is 689 g/mol. The number of aliphatic carboxylic acids is 2. The van der Waals surface area contributed by atoms with Crippen molar-refractivity contribution in [1.82, 2.24) is 0 Å². The molecule has 0 aromatic heterocycles.